The molecule has 0 atom stereocenters. The second-order valence-electron chi connectivity index (χ2n) is 8.70. The van der Waals surface area contributed by atoms with Gasteiger partial charge in [-0.15, -0.1) is 0 Å². The molecule has 3 N–H and O–H groups in total. The normalized spacial score (nSPS) is 10.8. The number of benzene rings is 3. The Hall–Kier alpha value is -4.39. The van der Waals surface area contributed by atoms with Crippen LogP contribution in [0.25, 0.3) is 0 Å². The molecule has 7 heteroatoms. The standard InChI is InChI=1S/C29H30N4O3/c1-2-21-13-15-22(16-14-21)17-18-25(34)32(19-23-9-5-3-6-10-23)26-27(30)33(29(36)31-28(26)35)20-24-11-7-4-8-12-24/h3-16H,2,17-20,30H2,1H3,(H,31,35,36). The number of H-pyrrole nitrogens is 1. The summed E-state index contributed by atoms with van der Waals surface area (Å²) in [4.78, 5) is 42.9. The number of amides is 1. The first-order chi connectivity index (χ1) is 17.5. The van der Waals surface area contributed by atoms with Gasteiger partial charge in [-0.05, 0) is 35.1 Å². The van der Waals surface area contributed by atoms with Gasteiger partial charge in [0.05, 0.1) is 13.1 Å². The minimum atomic E-state index is -0.682. The third-order valence-electron chi connectivity index (χ3n) is 6.21. The van der Waals surface area contributed by atoms with Crippen LogP contribution in [0.1, 0.15) is 35.6 Å². The first-order valence-corrected chi connectivity index (χ1v) is 12.0. The molecule has 0 saturated heterocycles. The van der Waals surface area contributed by atoms with E-state index in [9.17, 15) is 14.4 Å². The molecule has 0 saturated carbocycles. The van der Waals surface area contributed by atoms with Gasteiger partial charge in [-0.2, -0.15) is 0 Å². The Morgan fingerprint density at radius 2 is 1.42 bits per heavy atom. The first-order valence-electron chi connectivity index (χ1n) is 12.0. The van der Waals surface area contributed by atoms with Crippen LogP contribution in [0.4, 0.5) is 11.5 Å². The van der Waals surface area contributed by atoms with E-state index in [1.165, 1.54) is 15.0 Å². The van der Waals surface area contributed by atoms with Gasteiger partial charge in [0.15, 0.2) is 5.69 Å². The smallest absolute Gasteiger partial charge is 0.330 e. The van der Waals surface area contributed by atoms with Crippen molar-refractivity contribution in [2.45, 2.75) is 39.3 Å². The number of aromatic nitrogens is 2. The van der Waals surface area contributed by atoms with Crippen LogP contribution in [0.5, 0.6) is 0 Å². The highest BCUT2D eigenvalue weighted by atomic mass is 16.2. The Bertz CT molecular complexity index is 1430. The molecular weight excluding hydrogens is 452 g/mol. The number of carbonyl (C=O) groups is 1. The molecule has 1 heterocycles. The topological polar surface area (TPSA) is 101 Å². The summed E-state index contributed by atoms with van der Waals surface area (Å²) in [7, 11) is 0. The quantitative estimate of drug-likeness (QED) is 0.378. The van der Waals surface area contributed by atoms with Gasteiger partial charge >= 0.3 is 5.69 Å². The van der Waals surface area contributed by atoms with Gasteiger partial charge in [0, 0.05) is 6.42 Å². The van der Waals surface area contributed by atoms with E-state index in [0.717, 1.165) is 23.1 Å². The Balaban J connectivity index is 1.69. The van der Waals surface area contributed by atoms with Gasteiger partial charge in [0.25, 0.3) is 5.56 Å². The van der Waals surface area contributed by atoms with Crippen LogP contribution in [0, 0.1) is 0 Å². The van der Waals surface area contributed by atoms with E-state index in [1.54, 1.807) is 0 Å². The van der Waals surface area contributed by atoms with E-state index in [4.69, 9.17) is 5.73 Å². The maximum Gasteiger partial charge on any atom is 0.330 e. The highest BCUT2D eigenvalue weighted by Gasteiger charge is 2.24. The lowest BCUT2D eigenvalue weighted by molar-refractivity contribution is -0.118. The fourth-order valence-corrected chi connectivity index (χ4v) is 4.15. The van der Waals surface area contributed by atoms with Crippen molar-refractivity contribution < 1.29 is 4.79 Å². The zero-order valence-electron chi connectivity index (χ0n) is 20.3. The van der Waals surface area contributed by atoms with Crippen LogP contribution in [0.3, 0.4) is 0 Å². The van der Waals surface area contributed by atoms with Crippen LogP contribution in [-0.2, 0) is 30.7 Å². The Morgan fingerprint density at radius 1 is 0.833 bits per heavy atom. The van der Waals surface area contributed by atoms with Gasteiger partial charge < -0.3 is 10.6 Å². The van der Waals surface area contributed by atoms with Gasteiger partial charge in [-0.1, -0.05) is 91.9 Å². The van der Waals surface area contributed by atoms with Crippen LogP contribution < -0.4 is 21.9 Å². The number of anilines is 2. The lowest BCUT2D eigenvalue weighted by Gasteiger charge is -2.25. The molecule has 0 aliphatic heterocycles. The van der Waals surface area contributed by atoms with Crippen molar-refractivity contribution in [1.82, 2.24) is 9.55 Å². The van der Waals surface area contributed by atoms with E-state index in [-0.39, 0.29) is 36.9 Å². The summed E-state index contributed by atoms with van der Waals surface area (Å²) in [5, 5.41) is 0. The molecule has 0 fully saturated rings. The highest BCUT2D eigenvalue weighted by Crippen LogP contribution is 2.22. The van der Waals surface area contributed by atoms with Crippen molar-refractivity contribution in [1.29, 1.82) is 0 Å². The van der Waals surface area contributed by atoms with Gasteiger partial charge in [-0.25, -0.2) is 4.79 Å². The SMILES string of the molecule is CCc1ccc(CCC(=O)N(Cc2ccccc2)c2c(N)n(Cc3ccccc3)c(=O)[nH]c2=O)cc1. The summed E-state index contributed by atoms with van der Waals surface area (Å²) in [5.74, 6) is -0.287. The van der Waals surface area contributed by atoms with Crippen molar-refractivity contribution in [2.24, 2.45) is 0 Å². The molecule has 4 rings (SSSR count). The van der Waals surface area contributed by atoms with Crippen molar-refractivity contribution in [3.8, 4) is 0 Å². The number of aryl methyl sites for hydroxylation is 2. The van der Waals surface area contributed by atoms with Gasteiger partial charge in [0.1, 0.15) is 5.82 Å². The number of nitrogens with two attached hydrogens (primary N) is 1. The zero-order valence-corrected chi connectivity index (χ0v) is 20.3. The summed E-state index contributed by atoms with van der Waals surface area (Å²) in [6, 6.07) is 26.9. The number of aromatic amines is 1. The maximum absolute atomic E-state index is 13.5. The van der Waals surface area contributed by atoms with Crippen LogP contribution in [-0.4, -0.2) is 15.5 Å². The number of carbonyl (C=O) groups excluding carboxylic acids is 1. The van der Waals surface area contributed by atoms with Crippen molar-refractivity contribution >= 4 is 17.4 Å². The zero-order chi connectivity index (χ0) is 25.5. The molecule has 4 aromatic rings. The molecule has 0 unspecified atom stereocenters. The number of nitrogen functional groups attached to an aromatic ring is 1. The molecule has 1 aromatic heterocycles. The third-order valence-corrected chi connectivity index (χ3v) is 6.21. The number of hydrogen-bond donors (Lipinski definition) is 2. The molecule has 7 nitrogen and oxygen atoms in total. The summed E-state index contributed by atoms with van der Waals surface area (Å²) in [5.41, 5.74) is 9.06. The monoisotopic (exact) mass is 482 g/mol. The molecule has 36 heavy (non-hydrogen) atoms. The lowest BCUT2D eigenvalue weighted by Crippen LogP contribution is -2.41. The maximum atomic E-state index is 13.5. The summed E-state index contributed by atoms with van der Waals surface area (Å²) >= 11 is 0. The van der Waals surface area contributed by atoms with Crippen molar-refractivity contribution in [2.75, 3.05) is 10.6 Å². The van der Waals surface area contributed by atoms with Gasteiger partial charge in [0.2, 0.25) is 5.91 Å². The molecule has 1 amide bonds. The molecule has 184 valence electrons. The number of nitrogens with one attached hydrogen (secondary N) is 1. The third kappa shape index (κ3) is 5.81. The second-order valence-corrected chi connectivity index (χ2v) is 8.70. The first kappa shape index (κ1) is 24.7. The molecule has 0 aliphatic rings. The second kappa shape index (κ2) is 11.4. The van der Waals surface area contributed by atoms with Crippen LogP contribution >= 0.6 is 0 Å². The summed E-state index contributed by atoms with van der Waals surface area (Å²) in [6.45, 7) is 2.43. The van der Waals surface area contributed by atoms with E-state index < -0.39 is 11.2 Å². The number of nitrogens with zero attached hydrogens (tertiary/aromatic N) is 2. The Morgan fingerprint density at radius 3 is 2.03 bits per heavy atom. The minimum Gasteiger partial charge on any atom is -0.383 e. The van der Waals surface area contributed by atoms with E-state index >= 15 is 0 Å². The Kier molecular flexibility index (Phi) is 7.80. The van der Waals surface area contributed by atoms with E-state index in [1.807, 2.05) is 72.8 Å². The van der Waals surface area contributed by atoms with Crippen molar-refractivity contribution in [3.05, 3.63) is 128 Å². The summed E-state index contributed by atoms with van der Waals surface area (Å²) in [6.07, 6.45) is 1.66. The van der Waals surface area contributed by atoms with E-state index in [0.29, 0.717) is 6.42 Å². The van der Waals surface area contributed by atoms with Crippen molar-refractivity contribution in [3.63, 3.8) is 0 Å². The molecule has 0 aliphatic carbocycles. The van der Waals surface area contributed by atoms with Gasteiger partial charge in [-0.3, -0.25) is 19.1 Å². The predicted octanol–water partition coefficient (Wildman–Crippen LogP) is 3.90. The lowest BCUT2D eigenvalue weighted by atomic mass is 10.1. The highest BCUT2D eigenvalue weighted by molar-refractivity contribution is 5.95. The fourth-order valence-electron chi connectivity index (χ4n) is 4.15. The molecular formula is C29H30N4O3. The minimum absolute atomic E-state index is 0.0132. The number of rotatable bonds is 9. The predicted molar refractivity (Wildman–Crippen MR) is 143 cm³/mol. The molecule has 0 bridgehead atoms. The average Bonchev–Trinajstić information content (AvgIpc) is 2.90. The Labute approximate surface area is 209 Å². The van der Waals surface area contributed by atoms with Crippen LogP contribution in [0.2, 0.25) is 0 Å². The largest absolute Gasteiger partial charge is 0.383 e. The average molecular weight is 483 g/mol. The number of hydrogen-bond acceptors (Lipinski definition) is 4. The fraction of sp³-hybridized carbons (Fsp3) is 0.207. The molecule has 0 radical (unpaired) electrons. The molecule has 3 aromatic carbocycles. The van der Waals surface area contributed by atoms with Crippen LogP contribution in [0.15, 0.2) is 94.5 Å². The van der Waals surface area contributed by atoms with E-state index in [2.05, 4.69) is 24.0 Å². The summed E-state index contributed by atoms with van der Waals surface area (Å²) < 4.78 is 1.29. The molecule has 0 spiro atoms.